The van der Waals surface area contributed by atoms with Gasteiger partial charge < -0.3 is 4.90 Å². The molecular weight excluding hydrogens is 424 g/mol. The SMILES string of the molecule is CCN(CC)CCN(C(=O)c1ccc([N+](=O)[O-])cc1)c1nc2ccc(C)cc2s1.Cl. The summed E-state index contributed by atoms with van der Waals surface area (Å²) in [5.74, 6) is -0.206. The smallest absolute Gasteiger partial charge is 0.269 e. The van der Waals surface area contributed by atoms with Crippen LogP contribution >= 0.6 is 23.7 Å². The predicted molar refractivity (Wildman–Crippen MR) is 124 cm³/mol. The number of hydrogen-bond acceptors (Lipinski definition) is 6. The van der Waals surface area contributed by atoms with Crippen LogP contribution in [0, 0.1) is 17.0 Å². The minimum atomic E-state index is -0.470. The second-order valence-electron chi connectivity index (χ2n) is 6.76. The number of amides is 1. The van der Waals surface area contributed by atoms with Gasteiger partial charge in [-0.3, -0.25) is 19.8 Å². The number of thiazole rings is 1. The van der Waals surface area contributed by atoms with Gasteiger partial charge in [-0.1, -0.05) is 31.3 Å². The average molecular weight is 449 g/mol. The summed E-state index contributed by atoms with van der Waals surface area (Å²) in [4.78, 5) is 32.3. The lowest BCUT2D eigenvalue weighted by atomic mass is 10.2. The van der Waals surface area contributed by atoms with Crippen molar-refractivity contribution in [2.45, 2.75) is 20.8 Å². The molecule has 9 heteroatoms. The lowest BCUT2D eigenvalue weighted by Crippen LogP contribution is -2.38. The van der Waals surface area contributed by atoms with E-state index in [9.17, 15) is 14.9 Å². The van der Waals surface area contributed by atoms with E-state index in [0.29, 0.717) is 17.2 Å². The first-order valence-corrected chi connectivity index (χ1v) is 10.4. The molecule has 0 aliphatic carbocycles. The van der Waals surface area contributed by atoms with Gasteiger partial charge in [0.2, 0.25) is 0 Å². The van der Waals surface area contributed by atoms with E-state index in [1.54, 1.807) is 4.90 Å². The number of hydrogen-bond donors (Lipinski definition) is 0. The van der Waals surface area contributed by atoms with Crippen molar-refractivity contribution in [3.8, 4) is 0 Å². The summed E-state index contributed by atoms with van der Waals surface area (Å²) in [6.45, 7) is 9.22. The first-order valence-electron chi connectivity index (χ1n) is 9.58. The molecule has 0 aliphatic heterocycles. The Hall–Kier alpha value is -2.55. The highest BCUT2D eigenvalue weighted by molar-refractivity contribution is 7.22. The average Bonchev–Trinajstić information content (AvgIpc) is 3.13. The van der Waals surface area contributed by atoms with Crippen molar-refractivity contribution in [3.63, 3.8) is 0 Å². The summed E-state index contributed by atoms with van der Waals surface area (Å²) >= 11 is 1.48. The van der Waals surface area contributed by atoms with Gasteiger partial charge in [-0.05, 0) is 49.8 Å². The fourth-order valence-electron chi connectivity index (χ4n) is 3.08. The highest BCUT2D eigenvalue weighted by Gasteiger charge is 2.22. The number of carbonyl (C=O) groups excluding carboxylic acids is 1. The molecule has 0 bridgehead atoms. The normalized spacial score (nSPS) is 10.8. The van der Waals surface area contributed by atoms with Crippen LogP contribution < -0.4 is 4.90 Å². The number of aromatic nitrogens is 1. The van der Waals surface area contributed by atoms with E-state index < -0.39 is 4.92 Å². The van der Waals surface area contributed by atoms with Crippen LogP contribution in [0.25, 0.3) is 10.2 Å². The fourth-order valence-corrected chi connectivity index (χ4v) is 4.17. The molecule has 0 fully saturated rings. The standard InChI is InChI=1S/C21H24N4O3S.ClH/c1-4-23(5-2)12-13-24(20(26)16-7-9-17(10-8-16)25(27)28)21-22-18-11-6-15(3)14-19(18)29-21;/h6-11,14H,4-5,12-13H2,1-3H3;1H. The Morgan fingerprint density at radius 3 is 2.37 bits per heavy atom. The predicted octanol–water partition coefficient (Wildman–Crippen LogP) is 4.92. The van der Waals surface area contributed by atoms with Gasteiger partial charge in [0, 0.05) is 30.8 Å². The first-order chi connectivity index (χ1) is 13.9. The molecule has 0 atom stereocenters. The molecule has 0 saturated heterocycles. The van der Waals surface area contributed by atoms with Crippen LogP contribution in [0.4, 0.5) is 10.8 Å². The number of fused-ring (bicyclic) bond motifs is 1. The van der Waals surface area contributed by atoms with Crippen molar-refractivity contribution in [2.75, 3.05) is 31.1 Å². The van der Waals surface area contributed by atoms with Gasteiger partial charge in [-0.2, -0.15) is 0 Å². The summed E-state index contributed by atoms with van der Waals surface area (Å²) in [6.07, 6.45) is 0. The summed E-state index contributed by atoms with van der Waals surface area (Å²) in [7, 11) is 0. The molecule has 0 radical (unpaired) electrons. The largest absolute Gasteiger partial charge is 0.302 e. The number of likely N-dealkylation sites (N-methyl/N-ethyl adjacent to an activating group) is 1. The Morgan fingerprint density at radius 2 is 1.77 bits per heavy atom. The number of nitro groups is 1. The van der Waals surface area contributed by atoms with E-state index in [1.165, 1.54) is 35.6 Å². The summed E-state index contributed by atoms with van der Waals surface area (Å²) in [5.41, 5.74) is 2.38. The lowest BCUT2D eigenvalue weighted by Gasteiger charge is -2.24. The first kappa shape index (κ1) is 23.7. The fraction of sp³-hybridized carbons (Fsp3) is 0.333. The number of rotatable bonds is 8. The number of non-ortho nitro benzene ring substituents is 1. The van der Waals surface area contributed by atoms with Crippen LogP contribution in [-0.4, -0.2) is 46.9 Å². The second kappa shape index (κ2) is 10.5. The number of halogens is 1. The number of carbonyl (C=O) groups is 1. The highest BCUT2D eigenvalue weighted by Crippen LogP contribution is 2.30. The quantitative estimate of drug-likeness (QED) is 0.361. The summed E-state index contributed by atoms with van der Waals surface area (Å²) in [6, 6.07) is 11.8. The third-order valence-electron chi connectivity index (χ3n) is 4.87. The Bertz CT molecular complexity index is 1020. The van der Waals surface area contributed by atoms with E-state index in [1.807, 2.05) is 19.1 Å². The molecule has 3 rings (SSSR count). The van der Waals surface area contributed by atoms with Crippen LogP contribution in [0.1, 0.15) is 29.8 Å². The second-order valence-corrected chi connectivity index (χ2v) is 7.76. The van der Waals surface area contributed by atoms with E-state index in [0.717, 1.165) is 35.4 Å². The molecule has 3 aromatic rings. The number of anilines is 1. The molecule has 7 nitrogen and oxygen atoms in total. The van der Waals surface area contributed by atoms with Gasteiger partial charge >= 0.3 is 0 Å². The number of benzene rings is 2. The van der Waals surface area contributed by atoms with E-state index in [-0.39, 0.29) is 24.0 Å². The number of aryl methyl sites for hydroxylation is 1. The summed E-state index contributed by atoms with van der Waals surface area (Å²) < 4.78 is 1.03. The maximum atomic E-state index is 13.3. The van der Waals surface area contributed by atoms with Crippen molar-refractivity contribution in [1.29, 1.82) is 0 Å². The van der Waals surface area contributed by atoms with Gasteiger partial charge in [0.05, 0.1) is 15.1 Å². The molecule has 0 aliphatic rings. The van der Waals surface area contributed by atoms with Crippen LogP contribution in [0.15, 0.2) is 42.5 Å². The minimum absolute atomic E-state index is 0. The van der Waals surface area contributed by atoms with Gasteiger partial charge in [-0.25, -0.2) is 4.98 Å². The van der Waals surface area contributed by atoms with Crippen molar-refractivity contribution in [2.24, 2.45) is 0 Å². The molecular formula is C21H25ClN4O3S. The molecule has 0 spiro atoms. The maximum absolute atomic E-state index is 13.3. The van der Waals surface area contributed by atoms with E-state index >= 15 is 0 Å². The van der Waals surface area contributed by atoms with E-state index in [4.69, 9.17) is 0 Å². The minimum Gasteiger partial charge on any atom is -0.302 e. The van der Waals surface area contributed by atoms with Crippen LogP contribution in [0.3, 0.4) is 0 Å². The molecule has 2 aromatic carbocycles. The van der Waals surface area contributed by atoms with Gasteiger partial charge in [0.25, 0.3) is 11.6 Å². The molecule has 160 valence electrons. The Balaban J connectivity index is 0.00000320. The third-order valence-corrected chi connectivity index (χ3v) is 5.91. The third kappa shape index (κ3) is 5.33. The van der Waals surface area contributed by atoms with Gasteiger partial charge in [0.1, 0.15) is 0 Å². The Kier molecular flexibility index (Phi) is 8.28. The monoisotopic (exact) mass is 448 g/mol. The lowest BCUT2D eigenvalue weighted by molar-refractivity contribution is -0.384. The molecule has 1 amide bonds. The van der Waals surface area contributed by atoms with Crippen molar-refractivity contribution >= 4 is 50.7 Å². The maximum Gasteiger partial charge on any atom is 0.269 e. The van der Waals surface area contributed by atoms with Crippen molar-refractivity contribution in [3.05, 3.63) is 63.7 Å². The van der Waals surface area contributed by atoms with Crippen molar-refractivity contribution in [1.82, 2.24) is 9.88 Å². The molecule has 30 heavy (non-hydrogen) atoms. The Morgan fingerprint density at radius 1 is 1.10 bits per heavy atom. The van der Waals surface area contributed by atoms with E-state index in [2.05, 4.69) is 29.8 Å². The molecule has 1 heterocycles. The highest BCUT2D eigenvalue weighted by atomic mass is 35.5. The van der Waals surface area contributed by atoms with Crippen molar-refractivity contribution < 1.29 is 9.72 Å². The van der Waals surface area contributed by atoms with Crippen LogP contribution in [-0.2, 0) is 0 Å². The molecule has 0 saturated carbocycles. The van der Waals surface area contributed by atoms with Gasteiger partial charge in [-0.15, -0.1) is 12.4 Å². The van der Waals surface area contributed by atoms with Crippen LogP contribution in [0.5, 0.6) is 0 Å². The van der Waals surface area contributed by atoms with Crippen LogP contribution in [0.2, 0.25) is 0 Å². The topological polar surface area (TPSA) is 79.6 Å². The Labute approximate surface area is 185 Å². The number of nitro benzene ring substituents is 1. The summed E-state index contributed by atoms with van der Waals surface area (Å²) in [5, 5.41) is 11.5. The zero-order chi connectivity index (χ0) is 21.0. The number of nitrogens with zero attached hydrogens (tertiary/aromatic N) is 4. The molecule has 0 unspecified atom stereocenters. The molecule has 1 aromatic heterocycles. The zero-order valence-electron chi connectivity index (χ0n) is 17.2. The molecule has 0 N–H and O–H groups in total. The zero-order valence-corrected chi connectivity index (χ0v) is 18.8. The van der Waals surface area contributed by atoms with Gasteiger partial charge in [0.15, 0.2) is 5.13 Å².